The van der Waals surface area contributed by atoms with E-state index in [1.54, 1.807) is 25.6 Å². The van der Waals surface area contributed by atoms with Crippen LogP contribution in [-0.4, -0.2) is 38.1 Å². The number of nitrogens with zero attached hydrogens (tertiary/aromatic N) is 4. The summed E-state index contributed by atoms with van der Waals surface area (Å²) in [6, 6.07) is 3.60. The molecule has 0 aliphatic carbocycles. The third-order valence-electron chi connectivity index (χ3n) is 3.76. The number of aryl methyl sites for hydroxylation is 1. The molecular formula is C16H18N4O3S. The van der Waals surface area contributed by atoms with Crippen molar-refractivity contribution in [2.75, 3.05) is 14.2 Å². The number of fused-ring (bicyclic) bond motifs is 1. The van der Waals surface area contributed by atoms with Gasteiger partial charge in [-0.1, -0.05) is 0 Å². The number of pyridine rings is 2. The molecule has 0 aliphatic rings. The zero-order valence-electron chi connectivity index (χ0n) is 13.9. The van der Waals surface area contributed by atoms with E-state index in [2.05, 4.69) is 15.0 Å². The average Bonchev–Trinajstić information content (AvgIpc) is 2.96. The average molecular weight is 346 g/mol. The number of hydrogen-bond donors (Lipinski definition) is 0. The van der Waals surface area contributed by atoms with E-state index in [4.69, 9.17) is 9.57 Å². The molecule has 8 heteroatoms. The maximum atomic E-state index is 12.8. The van der Waals surface area contributed by atoms with Crippen LogP contribution in [0.2, 0.25) is 0 Å². The fourth-order valence-corrected chi connectivity index (χ4v) is 3.81. The molecule has 7 nitrogen and oxygen atoms in total. The first kappa shape index (κ1) is 16.4. The summed E-state index contributed by atoms with van der Waals surface area (Å²) >= 11 is 0. The van der Waals surface area contributed by atoms with E-state index in [1.807, 2.05) is 19.9 Å². The Kier molecular flexibility index (Phi) is 4.48. The normalized spacial score (nSPS) is 12.3. The van der Waals surface area contributed by atoms with Crippen LogP contribution in [-0.2, 0) is 16.6 Å². The lowest BCUT2D eigenvalue weighted by Gasteiger charge is -2.12. The summed E-state index contributed by atoms with van der Waals surface area (Å²) in [5.41, 5.74) is 3.70. The van der Waals surface area contributed by atoms with Crippen molar-refractivity contribution in [1.82, 2.24) is 19.7 Å². The van der Waals surface area contributed by atoms with Crippen LogP contribution in [0.4, 0.5) is 0 Å². The second kappa shape index (κ2) is 6.56. The molecule has 0 saturated heterocycles. The molecule has 1 unspecified atom stereocenters. The van der Waals surface area contributed by atoms with E-state index in [0.29, 0.717) is 22.0 Å². The molecule has 0 aromatic carbocycles. The zero-order chi connectivity index (χ0) is 17.3. The van der Waals surface area contributed by atoms with Gasteiger partial charge in [0.25, 0.3) is 0 Å². The van der Waals surface area contributed by atoms with Crippen LogP contribution < -0.4 is 9.57 Å². The Morgan fingerprint density at radius 1 is 1.25 bits per heavy atom. The number of ether oxygens (including phenoxy) is 1. The number of imidazole rings is 1. The molecule has 0 spiro atoms. The smallest absolute Gasteiger partial charge is 0.236 e. The van der Waals surface area contributed by atoms with Gasteiger partial charge in [0.05, 0.1) is 29.4 Å². The second-order valence-corrected chi connectivity index (χ2v) is 6.60. The Morgan fingerprint density at radius 2 is 2.04 bits per heavy atom. The van der Waals surface area contributed by atoms with Crippen molar-refractivity contribution in [3.8, 4) is 5.75 Å². The van der Waals surface area contributed by atoms with Gasteiger partial charge in [-0.15, -0.1) is 0 Å². The molecule has 0 fully saturated rings. The Balaban J connectivity index is 1.99. The van der Waals surface area contributed by atoms with Crippen LogP contribution in [0.25, 0.3) is 11.2 Å². The van der Waals surface area contributed by atoms with Gasteiger partial charge >= 0.3 is 0 Å². The van der Waals surface area contributed by atoms with Gasteiger partial charge in [0.2, 0.25) is 5.16 Å². The molecule has 3 aromatic heterocycles. The van der Waals surface area contributed by atoms with Gasteiger partial charge < -0.3 is 9.57 Å². The predicted molar refractivity (Wildman–Crippen MR) is 90.4 cm³/mol. The molecule has 0 radical (unpaired) electrons. The van der Waals surface area contributed by atoms with Crippen LogP contribution in [0.3, 0.4) is 0 Å². The molecule has 1 atom stereocenters. The molecule has 3 aromatic rings. The lowest BCUT2D eigenvalue weighted by Crippen LogP contribution is -2.13. The molecular weight excluding hydrogens is 328 g/mol. The van der Waals surface area contributed by atoms with E-state index in [0.717, 1.165) is 16.9 Å². The van der Waals surface area contributed by atoms with Gasteiger partial charge in [0.15, 0.2) is 5.65 Å². The minimum Gasteiger partial charge on any atom is -0.496 e. The van der Waals surface area contributed by atoms with Crippen LogP contribution in [0.5, 0.6) is 5.75 Å². The third kappa shape index (κ3) is 2.73. The van der Waals surface area contributed by atoms with Crippen molar-refractivity contribution in [1.29, 1.82) is 0 Å². The van der Waals surface area contributed by atoms with E-state index in [-0.39, 0.29) is 5.75 Å². The van der Waals surface area contributed by atoms with Gasteiger partial charge in [-0.25, -0.2) is 4.98 Å². The predicted octanol–water partition coefficient (Wildman–Crippen LogP) is 1.82. The quantitative estimate of drug-likeness (QED) is 0.701. The molecule has 0 saturated carbocycles. The van der Waals surface area contributed by atoms with Gasteiger partial charge in [0.1, 0.15) is 18.4 Å². The van der Waals surface area contributed by atoms with Crippen LogP contribution in [0.1, 0.15) is 16.8 Å². The molecule has 24 heavy (non-hydrogen) atoms. The molecule has 0 N–H and O–H groups in total. The monoisotopic (exact) mass is 346 g/mol. The summed E-state index contributed by atoms with van der Waals surface area (Å²) in [4.78, 5) is 18.2. The first-order valence-electron chi connectivity index (χ1n) is 7.32. The van der Waals surface area contributed by atoms with Gasteiger partial charge in [-0.3, -0.25) is 9.19 Å². The fourth-order valence-electron chi connectivity index (χ4n) is 2.60. The van der Waals surface area contributed by atoms with Crippen molar-refractivity contribution in [3.63, 3.8) is 0 Å². The summed E-state index contributed by atoms with van der Waals surface area (Å²) in [6.45, 7) is 3.84. The van der Waals surface area contributed by atoms with E-state index >= 15 is 0 Å². The summed E-state index contributed by atoms with van der Waals surface area (Å²) in [7, 11) is 1.69. The highest BCUT2D eigenvalue weighted by Gasteiger charge is 2.20. The Bertz CT molecular complexity index is 923. The highest BCUT2D eigenvalue weighted by molar-refractivity contribution is 7.84. The number of rotatable bonds is 5. The van der Waals surface area contributed by atoms with Crippen molar-refractivity contribution in [2.24, 2.45) is 0 Å². The van der Waals surface area contributed by atoms with Gasteiger partial charge in [-0.2, -0.15) is 9.71 Å². The van der Waals surface area contributed by atoms with E-state index < -0.39 is 10.8 Å². The first-order chi connectivity index (χ1) is 11.6. The van der Waals surface area contributed by atoms with E-state index in [9.17, 15) is 4.21 Å². The summed E-state index contributed by atoms with van der Waals surface area (Å²) in [6.07, 6.45) is 3.36. The zero-order valence-corrected chi connectivity index (χ0v) is 14.8. The molecule has 0 amide bonds. The standard InChI is InChI=1S/C16H18N4O3S/c1-10-8-18-12(11(2)14(10)22-3)9-24(21)16-19-15-13(20(16)23-4)6-5-7-17-15/h5-8H,9H2,1-4H3. The van der Waals surface area contributed by atoms with E-state index in [1.165, 1.54) is 11.8 Å². The lowest BCUT2D eigenvalue weighted by atomic mass is 10.1. The van der Waals surface area contributed by atoms with Gasteiger partial charge in [-0.05, 0) is 26.0 Å². The lowest BCUT2D eigenvalue weighted by molar-refractivity contribution is 0.154. The van der Waals surface area contributed by atoms with Crippen molar-refractivity contribution in [2.45, 2.75) is 24.8 Å². The van der Waals surface area contributed by atoms with Crippen LogP contribution in [0.15, 0.2) is 29.7 Å². The maximum absolute atomic E-state index is 12.8. The summed E-state index contributed by atoms with van der Waals surface area (Å²) < 4.78 is 19.7. The highest BCUT2D eigenvalue weighted by Crippen LogP contribution is 2.26. The van der Waals surface area contributed by atoms with Crippen LogP contribution >= 0.6 is 0 Å². The highest BCUT2D eigenvalue weighted by atomic mass is 32.2. The van der Waals surface area contributed by atoms with Crippen molar-refractivity contribution < 1.29 is 13.8 Å². The number of aromatic nitrogens is 4. The second-order valence-electron chi connectivity index (χ2n) is 5.25. The maximum Gasteiger partial charge on any atom is 0.236 e. The Hall–Kier alpha value is -2.48. The Labute approximate surface area is 142 Å². The summed E-state index contributed by atoms with van der Waals surface area (Å²) in [5.74, 6) is 0.980. The van der Waals surface area contributed by atoms with Crippen molar-refractivity contribution in [3.05, 3.63) is 41.3 Å². The van der Waals surface area contributed by atoms with Gasteiger partial charge in [0, 0.05) is 23.5 Å². The summed E-state index contributed by atoms with van der Waals surface area (Å²) in [5, 5.41) is 0.312. The number of methoxy groups -OCH3 is 1. The molecule has 0 aliphatic heterocycles. The fraction of sp³-hybridized carbons (Fsp3) is 0.312. The largest absolute Gasteiger partial charge is 0.496 e. The topological polar surface area (TPSA) is 79.1 Å². The SMILES string of the molecule is COc1c(C)cnc(CS(=O)c2nc3ncccc3n2OC)c1C. The Morgan fingerprint density at radius 3 is 2.75 bits per heavy atom. The first-order valence-corrected chi connectivity index (χ1v) is 8.64. The molecule has 126 valence electrons. The molecule has 0 bridgehead atoms. The van der Waals surface area contributed by atoms with Crippen molar-refractivity contribution >= 4 is 22.0 Å². The molecule has 3 rings (SSSR count). The molecule has 3 heterocycles. The minimum absolute atomic E-state index is 0.217. The third-order valence-corrected chi connectivity index (χ3v) is 4.96. The van der Waals surface area contributed by atoms with Crippen LogP contribution in [0, 0.1) is 13.8 Å². The number of hydrogen-bond acceptors (Lipinski definition) is 6. The minimum atomic E-state index is -1.44.